The molecule has 4 aromatic rings. The highest BCUT2D eigenvalue weighted by Crippen LogP contribution is 2.39. The molecule has 4 aromatic carbocycles. The first-order chi connectivity index (χ1) is 13.3. The van der Waals surface area contributed by atoms with Crippen molar-refractivity contribution in [2.24, 2.45) is 0 Å². The van der Waals surface area contributed by atoms with Gasteiger partial charge in [0.15, 0.2) is 0 Å². The zero-order chi connectivity index (χ0) is 18.3. The van der Waals surface area contributed by atoms with E-state index < -0.39 is 0 Å². The van der Waals surface area contributed by atoms with E-state index in [1.165, 1.54) is 33.1 Å². The van der Waals surface area contributed by atoms with Crippen molar-refractivity contribution < 1.29 is 0 Å². The van der Waals surface area contributed by atoms with Crippen molar-refractivity contribution in [1.82, 2.24) is 0 Å². The number of hydrogen-bond acceptors (Lipinski definition) is 0. The molecule has 0 saturated carbocycles. The largest absolute Gasteiger partial charge is 0.242 e. The molecule has 1 heteroatoms. The van der Waals surface area contributed by atoms with E-state index in [1.54, 1.807) is 0 Å². The number of fused-ring (bicyclic) bond motifs is 2. The average Bonchev–Trinajstić information content (AvgIpc) is 2.75. The Morgan fingerprint density at radius 1 is 0.519 bits per heavy atom. The van der Waals surface area contributed by atoms with Crippen LogP contribution in [0, 0.1) is 0 Å². The van der Waals surface area contributed by atoms with Crippen LogP contribution in [-0.2, 0) is 5.41 Å². The molecule has 0 aliphatic carbocycles. The first kappa shape index (κ1) is 16.1. The zero-order valence-corrected chi connectivity index (χ0v) is 15.5. The lowest BCUT2D eigenvalue weighted by molar-refractivity contribution is 0.698. The molecule has 0 bridgehead atoms. The standard InChI is InChI=1S/C26H21B/c1-26(20-12-4-2-5-13-20)22-16-8-10-18-24(22)27(21-14-6-3-7-15-21)25-19-11-9-17-23(25)26/h2-19H,1H3. The highest BCUT2D eigenvalue weighted by Gasteiger charge is 2.43. The topological polar surface area (TPSA) is 0 Å². The summed E-state index contributed by atoms with van der Waals surface area (Å²) in [5.41, 5.74) is 8.18. The van der Waals surface area contributed by atoms with Crippen molar-refractivity contribution in [2.45, 2.75) is 12.3 Å². The second-order valence-electron chi connectivity index (χ2n) is 7.51. The molecule has 0 nitrogen and oxygen atoms in total. The van der Waals surface area contributed by atoms with Crippen LogP contribution in [0.5, 0.6) is 0 Å². The van der Waals surface area contributed by atoms with E-state index in [-0.39, 0.29) is 12.1 Å². The Morgan fingerprint density at radius 2 is 0.963 bits per heavy atom. The first-order valence-electron chi connectivity index (χ1n) is 9.59. The molecule has 0 spiro atoms. The lowest BCUT2D eigenvalue weighted by Gasteiger charge is -2.41. The van der Waals surface area contributed by atoms with Gasteiger partial charge in [-0.15, -0.1) is 0 Å². The fourth-order valence-electron chi connectivity index (χ4n) is 4.81. The molecule has 0 fully saturated rings. The van der Waals surface area contributed by atoms with E-state index in [4.69, 9.17) is 0 Å². The maximum absolute atomic E-state index is 2.38. The molecule has 1 aliphatic heterocycles. The van der Waals surface area contributed by atoms with E-state index >= 15 is 0 Å². The summed E-state index contributed by atoms with van der Waals surface area (Å²) in [7, 11) is 0. The Kier molecular flexibility index (Phi) is 3.76. The molecule has 0 saturated heterocycles. The number of rotatable bonds is 2. The van der Waals surface area contributed by atoms with Crippen LogP contribution in [0.1, 0.15) is 23.6 Å². The van der Waals surface area contributed by atoms with Crippen LogP contribution in [-0.4, -0.2) is 6.71 Å². The fourth-order valence-corrected chi connectivity index (χ4v) is 4.81. The molecule has 0 atom stereocenters. The molecule has 128 valence electrons. The van der Waals surface area contributed by atoms with Gasteiger partial charge in [-0.05, 0) is 23.6 Å². The van der Waals surface area contributed by atoms with Crippen LogP contribution >= 0.6 is 0 Å². The Morgan fingerprint density at radius 3 is 1.52 bits per heavy atom. The van der Waals surface area contributed by atoms with Gasteiger partial charge in [-0.1, -0.05) is 126 Å². The third kappa shape index (κ3) is 2.39. The molecule has 1 heterocycles. The Balaban J connectivity index is 1.86. The first-order valence-corrected chi connectivity index (χ1v) is 9.59. The summed E-state index contributed by atoms with van der Waals surface area (Å²) in [4.78, 5) is 0. The summed E-state index contributed by atoms with van der Waals surface area (Å²) < 4.78 is 0. The van der Waals surface area contributed by atoms with E-state index in [1.807, 2.05) is 0 Å². The molecule has 0 aromatic heterocycles. The minimum Gasteiger partial charge on any atom is -0.0686 e. The third-order valence-electron chi connectivity index (χ3n) is 6.10. The SMILES string of the molecule is CC1(c2ccccc2)c2ccccc2B(c2ccccc2)c2ccccc21. The van der Waals surface area contributed by atoms with Crippen LogP contribution in [0.3, 0.4) is 0 Å². The zero-order valence-electron chi connectivity index (χ0n) is 15.5. The monoisotopic (exact) mass is 344 g/mol. The normalized spacial score (nSPS) is 14.3. The van der Waals surface area contributed by atoms with Crippen molar-refractivity contribution in [1.29, 1.82) is 0 Å². The summed E-state index contributed by atoms with van der Waals surface area (Å²) in [5, 5.41) is 0. The Labute approximate surface area is 161 Å². The maximum atomic E-state index is 2.38. The second kappa shape index (κ2) is 6.28. The van der Waals surface area contributed by atoms with Gasteiger partial charge in [-0.3, -0.25) is 0 Å². The summed E-state index contributed by atoms with van der Waals surface area (Å²) in [5.74, 6) is 0. The van der Waals surface area contributed by atoms with Gasteiger partial charge in [-0.2, -0.15) is 0 Å². The van der Waals surface area contributed by atoms with Crippen molar-refractivity contribution in [2.75, 3.05) is 0 Å². The number of benzene rings is 4. The summed E-state index contributed by atoms with van der Waals surface area (Å²) in [6, 6.07) is 39.8. The van der Waals surface area contributed by atoms with Gasteiger partial charge in [0.1, 0.15) is 0 Å². The van der Waals surface area contributed by atoms with Crippen LogP contribution in [0.25, 0.3) is 0 Å². The molecule has 0 unspecified atom stereocenters. The quantitative estimate of drug-likeness (QED) is 0.484. The van der Waals surface area contributed by atoms with Crippen molar-refractivity contribution >= 4 is 23.1 Å². The van der Waals surface area contributed by atoms with Gasteiger partial charge in [0, 0.05) is 5.41 Å². The van der Waals surface area contributed by atoms with Crippen LogP contribution in [0.15, 0.2) is 109 Å². The molecule has 5 rings (SSSR count). The number of hydrogen-bond donors (Lipinski definition) is 0. The van der Waals surface area contributed by atoms with E-state index in [0.717, 1.165) is 0 Å². The molecule has 0 N–H and O–H groups in total. The summed E-state index contributed by atoms with van der Waals surface area (Å²) >= 11 is 0. The molecular weight excluding hydrogens is 323 g/mol. The van der Waals surface area contributed by atoms with Crippen LogP contribution < -0.4 is 16.4 Å². The van der Waals surface area contributed by atoms with Gasteiger partial charge >= 0.3 is 0 Å². The molecule has 1 aliphatic rings. The minimum absolute atomic E-state index is 0.153. The van der Waals surface area contributed by atoms with Crippen molar-refractivity contribution in [3.63, 3.8) is 0 Å². The van der Waals surface area contributed by atoms with E-state index in [0.29, 0.717) is 0 Å². The van der Waals surface area contributed by atoms with Crippen LogP contribution in [0.2, 0.25) is 0 Å². The van der Waals surface area contributed by atoms with Gasteiger partial charge < -0.3 is 0 Å². The molecule has 27 heavy (non-hydrogen) atoms. The molecular formula is C26H21B. The minimum atomic E-state index is -0.153. The summed E-state index contributed by atoms with van der Waals surface area (Å²) in [6.45, 7) is 2.65. The predicted molar refractivity (Wildman–Crippen MR) is 116 cm³/mol. The van der Waals surface area contributed by atoms with E-state index in [9.17, 15) is 0 Å². The third-order valence-corrected chi connectivity index (χ3v) is 6.10. The lowest BCUT2D eigenvalue weighted by atomic mass is 9.31. The van der Waals surface area contributed by atoms with Gasteiger partial charge in [0.2, 0.25) is 6.71 Å². The Bertz CT molecular complexity index is 1040. The predicted octanol–water partition coefficient (Wildman–Crippen LogP) is 3.87. The van der Waals surface area contributed by atoms with Crippen molar-refractivity contribution in [3.8, 4) is 0 Å². The second-order valence-corrected chi connectivity index (χ2v) is 7.51. The fraction of sp³-hybridized carbons (Fsp3) is 0.0769. The van der Waals surface area contributed by atoms with Crippen LogP contribution in [0.4, 0.5) is 0 Å². The van der Waals surface area contributed by atoms with Gasteiger partial charge in [0.25, 0.3) is 0 Å². The summed E-state index contributed by atoms with van der Waals surface area (Å²) in [6.07, 6.45) is 0. The van der Waals surface area contributed by atoms with Gasteiger partial charge in [-0.25, -0.2) is 0 Å². The maximum Gasteiger partial charge on any atom is 0.242 e. The highest BCUT2D eigenvalue weighted by molar-refractivity contribution is 6.96. The smallest absolute Gasteiger partial charge is 0.0686 e. The molecule has 0 amide bonds. The molecule has 0 radical (unpaired) electrons. The highest BCUT2D eigenvalue weighted by atomic mass is 14.4. The lowest BCUT2D eigenvalue weighted by Crippen LogP contribution is -2.61. The average molecular weight is 344 g/mol. The van der Waals surface area contributed by atoms with Crippen molar-refractivity contribution in [3.05, 3.63) is 126 Å². The van der Waals surface area contributed by atoms with E-state index in [2.05, 4.69) is 116 Å². The Hall–Kier alpha value is -3.06. The van der Waals surface area contributed by atoms with Gasteiger partial charge in [0.05, 0.1) is 0 Å².